The molecule has 5 heteroatoms. The number of aryl methyl sites for hydroxylation is 2. The van der Waals surface area contributed by atoms with E-state index in [0.717, 1.165) is 47.3 Å². The highest BCUT2D eigenvalue weighted by Gasteiger charge is 2.34. The summed E-state index contributed by atoms with van der Waals surface area (Å²) in [7, 11) is 0. The van der Waals surface area contributed by atoms with Crippen molar-refractivity contribution < 1.29 is 4.79 Å². The van der Waals surface area contributed by atoms with Gasteiger partial charge in [0.15, 0.2) is 0 Å². The summed E-state index contributed by atoms with van der Waals surface area (Å²) in [5.41, 5.74) is 8.93. The maximum Gasteiger partial charge on any atom is 0.266 e. The minimum atomic E-state index is 0.0805. The monoisotopic (exact) mass is 303 g/mol. The zero-order chi connectivity index (χ0) is 15.1. The van der Waals surface area contributed by atoms with Crippen LogP contribution in [0.4, 0.5) is 5.69 Å². The molecule has 0 bridgehead atoms. The first kappa shape index (κ1) is 14.3. The molecule has 3 rings (SSSR count). The molecule has 0 saturated heterocycles. The fourth-order valence-corrected chi connectivity index (χ4v) is 4.01. The molecule has 1 aliphatic rings. The van der Waals surface area contributed by atoms with Crippen molar-refractivity contribution in [3.8, 4) is 0 Å². The summed E-state index contributed by atoms with van der Waals surface area (Å²) in [6, 6.07) is 2.43. The molecule has 0 spiro atoms. The third-order valence-electron chi connectivity index (χ3n) is 3.93. The van der Waals surface area contributed by atoms with Crippen LogP contribution < -0.4 is 5.73 Å². The molecule has 0 aromatic carbocycles. The zero-order valence-corrected chi connectivity index (χ0v) is 13.6. The fraction of sp³-hybridized carbons (Fsp3) is 0.500. The van der Waals surface area contributed by atoms with Gasteiger partial charge in [-0.05, 0) is 44.7 Å². The molecule has 112 valence electrons. The molecule has 2 N–H and O–H groups in total. The van der Waals surface area contributed by atoms with Crippen LogP contribution in [-0.4, -0.2) is 28.4 Å². The van der Waals surface area contributed by atoms with Gasteiger partial charge in [0.05, 0.1) is 5.69 Å². The molecular weight excluding hydrogens is 282 g/mol. The zero-order valence-electron chi connectivity index (χ0n) is 12.8. The number of hydrogen-bond acceptors (Lipinski definition) is 4. The van der Waals surface area contributed by atoms with Crippen molar-refractivity contribution in [2.45, 2.75) is 46.1 Å². The summed E-state index contributed by atoms with van der Waals surface area (Å²) in [5.74, 6) is 0.0805. The second-order valence-corrected chi connectivity index (χ2v) is 6.83. The predicted octanol–water partition coefficient (Wildman–Crippen LogP) is 3.51. The Balaban J connectivity index is 2.05. The topological polar surface area (TPSA) is 59.2 Å². The molecule has 21 heavy (non-hydrogen) atoms. The van der Waals surface area contributed by atoms with Gasteiger partial charge in [0.25, 0.3) is 5.91 Å². The van der Waals surface area contributed by atoms with Crippen LogP contribution in [0.15, 0.2) is 6.07 Å². The van der Waals surface area contributed by atoms with Crippen LogP contribution in [0.1, 0.15) is 47.1 Å². The van der Waals surface area contributed by atoms with Crippen LogP contribution in [0.3, 0.4) is 0 Å². The molecule has 1 fully saturated rings. The van der Waals surface area contributed by atoms with Gasteiger partial charge in [-0.15, -0.1) is 11.3 Å². The summed E-state index contributed by atoms with van der Waals surface area (Å²) in [4.78, 5) is 20.9. The summed E-state index contributed by atoms with van der Waals surface area (Å²) >= 11 is 1.43. The first-order chi connectivity index (χ1) is 10.0. The second kappa shape index (κ2) is 5.30. The molecule has 2 heterocycles. The predicted molar refractivity (Wildman–Crippen MR) is 87.9 cm³/mol. The molecule has 0 aliphatic heterocycles. The molecule has 2 aromatic rings. The van der Waals surface area contributed by atoms with Crippen LogP contribution >= 0.6 is 11.3 Å². The highest BCUT2D eigenvalue weighted by molar-refractivity contribution is 7.21. The number of nitrogens with zero attached hydrogens (tertiary/aromatic N) is 2. The van der Waals surface area contributed by atoms with Crippen LogP contribution in [0, 0.1) is 13.8 Å². The number of fused-ring (bicyclic) bond motifs is 1. The van der Waals surface area contributed by atoms with E-state index in [-0.39, 0.29) is 5.91 Å². The van der Waals surface area contributed by atoms with Gasteiger partial charge in [0, 0.05) is 23.7 Å². The Labute approximate surface area is 129 Å². The van der Waals surface area contributed by atoms with Gasteiger partial charge in [-0.1, -0.05) is 6.92 Å². The Hall–Kier alpha value is -1.62. The van der Waals surface area contributed by atoms with Crippen molar-refractivity contribution in [2.24, 2.45) is 0 Å². The maximum atomic E-state index is 12.8. The highest BCUT2D eigenvalue weighted by Crippen LogP contribution is 2.37. The number of thiophene rings is 1. The summed E-state index contributed by atoms with van der Waals surface area (Å²) in [6.45, 7) is 6.91. The van der Waals surface area contributed by atoms with Crippen molar-refractivity contribution in [3.05, 3.63) is 22.2 Å². The Bertz CT molecular complexity index is 703. The number of nitrogens with two attached hydrogens (primary N) is 1. The smallest absolute Gasteiger partial charge is 0.266 e. The maximum absolute atomic E-state index is 12.8. The highest BCUT2D eigenvalue weighted by atomic mass is 32.1. The van der Waals surface area contributed by atoms with Gasteiger partial charge in [-0.3, -0.25) is 4.79 Å². The number of carbonyl (C=O) groups is 1. The van der Waals surface area contributed by atoms with Crippen LogP contribution in [0.25, 0.3) is 10.2 Å². The van der Waals surface area contributed by atoms with Gasteiger partial charge in [-0.25, -0.2) is 4.98 Å². The van der Waals surface area contributed by atoms with Gasteiger partial charge in [0.2, 0.25) is 0 Å². The third kappa shape index (κ3) is 2.50. The molecule has 4 nitrogen and oxygen atoms in total. The summed E-state index contributed by atoms with van der Waals surface area (Å²) in [6.07, 6.45) is 3.21. The normalized spacial score (nSPS) is 14.6. The van der Waals surface area contributed by atoms with Gasteiger partial charge in [0.1, 0.15) is 9.71 Å². The van der Waals surface area contributed by atoms with Crippen LogP contribution in [-0.2, 0) is 0 Å². The molecule has 0 unspecified atom stereocenters. The van der Waals surface area contributed by atoms with E-state index in [1.54, 1.807) is 0 Å². The number of amides is 1. The van der Waals surface area contributed by atoms with Gasteiger partial charge >= 0.3 is 0 Å². The van der Waals surface area contributed by atoms with E-state index in [9.17, 15) is 4.79 Å². The SMILES string of the molecule is CCCN(C(=O)c1sc2nc(C)cc(C)c2c1N)C1CC1. The van der Waals surface area contributed by atoms with E-state index >= 15 is 0 Å². The lowest BCUT2D eigenvalue weighted by atomic mass is 10.1. The third-order valence-corrected chi connectivity index (χ3v) is 5.02. The minimum Gasteiger partial charge on any atom is -0.397 e. The summed E-state index contributed by atoms with van der Waals surface area (Å²) in [5, 5.41) is 0.946. The van der Waals surface area contributed by atoms with Gasteiger partial charge < -0.3 is 10.6 Å². The van der Waals surface area contributed by atoms with Crippen molar-refractivity contribution in [1.29, 1.82) is 0 Å². The minimum absolute atomic E-state index is 0.0805. The Kier molecular flexibility index (Phi) is 3.61. The lowest BCUT2D eigenvalue weighted by Crippen LogP contribution is -2.33. The number of carbonyl (C=O) groups excluding carboxylic acids is 1. The Morgan fingerprint density at radius 1 is 1.48 bits per heavy atom. The Morgan fingerprint density at radius 2 is 2.19 bits per heavy atom. The molecule has 1 saturated carbocycles. The number of anilines is 1. The van der Waals surface area contributed by atoms with E-state index < -0.39 is 0 Å². The molecule has 2 aromatic heterocycles. The number of rotatable bonds is 4. The van der Waals surface area contributed by atoms with E-state index in [4.69, 9.17) is 5.73 Å². The van der Waals surface area contributed by atoms with Crippen molar-refractivity contribution in [2.75, 3.05) is 12.3 Å². The Morgan fingerprint density at radius 3 is 2.81 bits per heavy atom. The lowest BCUT2D eigenvalue weighted by Gasteiger charge is -2.21. The second-order valence-electron chi connectivity index (χ2n) is 5.84. The van der Waals surface area contributed by atoms with Crippen LogP contribution in [0.2, 0.25) is 0 Å². The number of pyridine rings is 1. The molecule has 0 radical (unpaired) electrons. The van der Waals surface area contributed by atoms with E-state index in [1.807, 2.05) is 24.8 Å². The van der Waals surface area contributed by atoms with E-state index in [0.29, 0.717) is 16.6 Å². The average Bonchev–Trinajstić information content (AvgIpc) is 3.19. The summed E-state index contributed by atoms with van der Waals surface area (Å²) < 4.78 is 0. The quantitative estimate of drug-likeness (QED) is 0.940. The molecule has 1 amide bonds. The largest absolute Gasteiger partial charge is 0.397 e. The standard InChI is InChI=1S/C16H21N3OS/c1-4-7-19(11-5-6-11)16(20)14-13(17)12-9(2)8-10(3)18-15(12)21-14/h8,11H,4-7,17H2,1-3H3. The number of aromatic nitrogens is 1. The van der Waals surface area contributed by atoms with Crippen molar-refractivity contribution in [1.82, 2.24) is 9.88 Å². The number of hydrogen-bond donors (Lipinski definition) is 1. The molecule has 1 aliphatic carbocycles. The van der Waals surface area contributed by atoms with Crippen molar-refractivity contribution >= 4 is 33.1 Å². The van der Waals surface area contributed by atoms with Gasteiger partial charge in [-0.2, -0.15) is 0 Å². The number of nitrogen functional groups attached to an aromatic ring is 1. The first-order valence-electron chi connectivity index (χ1n) is 7.50. The van der Waals surface area contributed by atoms with E-state index in [2.05, 4.69) is 11.9 Å². The molecular formula is C16H21N3OS. The first-order valence-corrected chi connectivity index (χ1v) is 8.31. The average molecular weight is 303 g/mol. The van der Waals surface area contributed by atoms with E-state index in [1.165, 1.54) is 11.3 Å². The van der Waals surface area contributed by atoms with Crippen LogP contribution in [0.5, 0.6) is 0 Å². The lowest BCUT2D eigenvalue weighted by molar-refractivity contribution is 0.0749. The van der Waals surface area contributed by atoms with Crippen molar-refractivity contribution in [3.63, 3.8) is 0 Å². The fourth-order valence-electron chi connectivity index (χ4n) is 2.84. The molecule has 0 atom stereocenters.